The summed E-state index contributed by atoms with van der Waals surface area (Å²) in [5.41, 5.74) is 2.47. The van der Waals surface area contributed by atoms with Gasteiger partial charge in [0.1, 0.15) is 18.2 Å². The Bertz CT molecular complexity index is 825. The van der Waals surface area contributed by atoms with Gasteiger partial charge in [0.2, 0.25) is 0 Å². The lowest BCUT2D eigenvalue weighted by Crippen LogP contribution is -2.22. The summed E-state index contributed by atoms with van der Waals surface area (Å²) in [6, 6.07) is 12.1. The molecule has 2 heterocycles. The van der Waals surface area contributed by atoms with Gasteiger partial charge in [0.05, 0.1) is 11.0 Å². The second-order valence-corrected chi connectivity index (χ2v) is 12.7. The first-order valence-corrected chi connectivity index (χ1v) is 11.8. The van der Waals surface area contributed by atoms with Crippen LogP contribution in [0.1, 0.15) is 0 Å². The van der Waals surface area contributed by atoms with Crippen LogP contribution in [0.5, 0.6) is 5.75 Å². The van der Waals surface area contributed by atoms with E-state index < -0.39 is 8.07 Å². The van der Waals surface area contributed by atoms with Gasteiger partial charge in [-0.1, -0.05) is 25.7 Å². The second kappa shape index (κ2) is 6.74. The van der Waals surface area contributed by atoms with Crippen molar-refractivity contribution >= 4 is 19.1 Å². The number of nitrogens with zero attached hydrogens (tertiary/aromatic N) is 3. The van der Waals surface area contributed by atoms with E-state index in [9.17, 15) is 5.11 Å². The minimum Gasteiger partial charge on any atom is -0.508 e. The number of rotatable bonds is 6. The molecule has 3 aromatic rings. The van der Waals surface area contributed by atoms with Crippen LogP contribution in [0.15, 0.2) is 42.6 Å². The molecule has 0 bridgehead atoms. The van der Waals surface area contributed by atoms with Crippen molar-refractivity contribution in [1.29, 1.82) is 0 Å². The van der Waals surface area contributed by atoms with E-state index in [1.54, 1.807) is 18.3 Å². The van der Waals surface area contributed by atoms with Crippen molar-refractivity contribution in [3.05, 3.63) is 42.6 Å². The Labute approximate surface area is 143 Å². The zero-order valence-electron chi connectivity index (χ0n) is 14.4. The third kappa shape index (κ3) is 3.83. The Kier molecular flexibility index (Phi) is 4.68. The third-order valence-corrected chi connectivity index (χ3v) is 5.55. The number of phenols is 1. The number of hydrogen-bond donors (Lipinski definition) is 1. The van der Waals surface area contributed by atoms with Crippen molar-refractivity contribution < 1.29 is 9.84 Å². The summed E-state index contributed by atoms with van der Waals surface area (Å²) in [5.74, 6) is 0.962. The minimum atomic E-state index is -1.11. The second-order valence-electron chi connectivity index (χ2n) is 7.10. The van der Waals surface area contributed by atoms with Gasteiger partial charge in [0.15, 0.2) is 5.82 Å². The average Bonchev–Trinajstić information content (AvgIpc) is 2.89. The molecule has 24 heavy (non-hydrogen) atoms. The molecular weight excluding hydrogens is 318 g/mol. The fourth-order valence-corrected chi connectivity index (χ4v) is 3.23. The molecule has 2 aromatic heterocycles. The Hall–Kier alpha value is -2.18. The highest BCUT2D eigenvalue weighted by Gasteiger charge is 2.15. The number of ether oxygens (including phenoxy) is 1. The van der Waals surface area contributed by atoms with Crippen LogP contribution in [0.3, 0.4) is 0 Å². The van der Waals surface area contributed by atoms with Crippen molar-refractivity contribution in [2.75, 3.05) is 6.61 Å². The van der Waals surface area contributed by atoms with Crippen LogP contribution < -0.4 is 0 Å². The highest BCUT2D eigenvalue weighted by molar-refractivity contribution is 6.76. The number of hydrogen-bond acceptors (Lipinski definition) is 4. The van der Waals surface area contributed by atoms with Gasteiger partial charge in [-0.05, 0) is 30.3 Å². The molecule has 0 saturated heterocycles. The van der Waals surface area contributed by atoms with E-state index in [0.717, 1.165) is 35.2 Å². The molecule has 5 nitrogen and oxygen atoms in total. The Morgan fingerprint density at radius 2 is 2.00 bits per heavy atom. The van der Waals surface area contributed by atoms with Crippen LogP contribution in [-0.2, 0) is 11.5 Å². The van der Waals surface area contributed by atoms with E-state index >= 15 is 0 Å². The predicted octanol–water partition coefficient (Wildman–Crippen LogP) is 4.12. The summed E-state index contributed by atoms with van der Waals surface area (Å²) in [5, 5.41) is 9.71. The van der Waals surface area contributed by atoms with E-state index in [2.05, 4.69) is 29.6 Å². The summed E-state index contributed by atoms with van der Waals surface area (Å²) in [6.45, 7) is 8.19. The molecule has 0 spiro atoms. The maximum atomic E-state index is 9.71. The quantitative estimate of drug-likeness (QED) is 0.541. The van der Waals surface area contributed by atoms with E-state index in [1.165, 1.54) is 0 Å². The van der Waals surface area contributed by atoms with E-state index in [4.69, 9.17) is 4.74 Å². The molecule has 1 N–H and O–H groups in total. The maximum absolute atomic E-state index is 9.71. The van der Waals surface area contributed by atoms with Gasteiger partial charge in [-0.15, -0.1) is 0 Å². The summed E-state index contributed by atoms with van der Waals surface area (Å²) < 4.78 is 7.94. The minimum absolute atomic E-state index is 0.208. The topological polar surface area (TPSA) is 60.2 Å². The summed E-state index contributed by atoms with van der Waals surface area (Å²) in [7, 11) is -1.11. The van der Waals surface area contributed by atoms with Gasteiger partial charge >= 0.3 is 0 Å². The Balaban J connectivity index is 1.92. The fraction of sp³-hybridized carbons (Fsp3) is 0.333. The molecule has 126 valence electrons. The van der Waals surface area contributed by atoms with Crippen LogP contribution in [-0.4, -0.2) is 34.3 Å². The monoisotopic (exact) mass is 341 g/mol. The molecular formula is C18H23N3O2Si. The summed E-state index contributed by atoms with van der Waals surface area (Å²) in [4.78, 5) is 9.04. The predicted molar refractivity (Wildman–Crippen MR) is 98.7 cm³/mol. The van der Waals surface area contributed by atoms with Crippen molar-refractivity contribution in [3.8, 4) is 17.3 Å². The van der Waals surface area contributed by atoms with Gasteiger partial charge in [-0.3, -0.25) is 9.55 Å². The summed E-state index contributed by atoms with van der Waals surface area (Å²) in [6.07, 6.45) is 1.75. The van der Waals surface area contributed by atoms with Crippen LogP contribution in [0.2, 0.25) is 25.7 Å². The van der Waals surface area contributed by atoms with Crippen LogP contribution >= 0.6 is 0 Å². The van der Waals surface area contributed by atoms with E-state index in [1.807, 2.05) is 28.8 Å². The number of fused-ring (bicyclic) bond motifs is 1. The first kappa shape index (κ1) is 16.7. The first-order chi connectivity index (χ1) is 11.4. The van der Waals surface area contributed by atoms with Gasteiger partial charge in [-0.2, -0.15) is 0 Å². The molecule has 0 unspecified atom stereocenters. The van der Waals surface area contributed by atoms with Gasteiger partial charge in [0.25, 0.3) is 0 Å². The van der Waals surface area contributed by atoms with Crippen LogP contribution in [0, 0.1) is 0 Å². The molecule has 0 aliphatic rings. The molecule has 0 radical (unpaired) electrons. The zero-order valence-corrected chi connectivity index (χ0v) is 15.4. The average molecular weight is 341 g/mol. The number of imidazole rings is 1. The highest BCUT2D eigenvalue weighted by atomic mass is 28.3. The van der Waals surface area contributed by atoms with E-state index in [0.29, 0.717) is 6.73 Å². The molecule has 0 saturated carbocycles. The third-order valence-electron chi connectivity index (χ3n) is 3.84. The normalized spacial score (nSPS) is 12.0. The lowest BCUT2D eigenvalue weighted by atomic mass is 10.3. The molecule has 0 aliphatic carbocycles. The van der Waals surface area contributed by atoms with Crippen molar-refractivity contribution in [1.82, 2.24) is 14.5 Å². The standard InChI is InChI=1S/C18H23N3O2Si/c1-24(2,3)11-10-23-13-21-17-8-7-14(22)12-16(17)20-18(21)15-6-4-5-9-19-15/h4-9,12,22H,10-11,13H2,1-3H3. The Morgan fingerprint density at radius 3 is 2.71 bits per heavy atom. The Morgan fingerprint density at radius 1 is 1.17 bits per heavy atom. The molecule has 6 heteroatoms. The molecule has 0 fully saturated rings. The molecule has 0 atom stereocenters. The van der Waals surface area contributed by atoms with Crippen molar-refractivity contribution in [3.63, 3.8) is 0 Å². The number of pyridine rings is 1. The van der Waals surface area contributed by atoms with Crippen molar-refractivity contribution in [2.45, 2.75) is 32.4 Å². The fourth-order valence-electron chi connectivity index (χ4n) is 2.47. The molecule has 3 rings (SSSR count). The number of phenolic OH excluding ortho intramolecular Hbond substituents is 1. The number of benzene rings is 1. The smallest absolute Gasteiger partial charge is 0.161 e. The number of aromatic hydroxyl groups is 1. The van der Waals surface area contributed by atoms with Gasteiger partial charge in [0, 0.05) is 26.9 Å². The molecule has 0 amide bonds. The van der Waals surface area contributed by atoms with Gasteiger partial charge in [-0.25, -0.2) is 4.98 Å². The van der Waals surface area contributed by atoms with Crippen molar-refractivity contribution in [2.24, 2.45) is 0 Å². The highest BCUT2D eigenvalue weighted by Crippen LogP contribution is 2.26. The largest absolute Gasteiger partial charge is 0.508 e. The first-order valence-electron chi connectivity index (χ1n) is 8.12. The van der Waals surface area contributed by atoms with Gasteiger partial charge < -0.3 is 9.84 Å². The number of aromatic nitrogens is 3. The summed E-state index contributed by atoms with van der Waals surface area (Å²) >= 11 is 0. The lowest BCUT2D eigenvalue weighted by molar-refractivity contribution is 0.0909. The lowest BCUT2D eigenvalue weighted by Gasteiger charge is -2.16. The SMILES string of the molecule is C[Si](C)(C)CCOCn1c(-c2ccccn2)nc2cc(O)ccc21. The molecule has 0 aliphatic heterocycles. The maximum Gasteiger partial charge on any atom is 0.161 e. The van der Waals surface area contributed by atoms with Crippen LogP contribution in [0.25, 0.3) is 22.6 Å². The molecule has 1 aromatic carbocycles. The van der Waals surface area contributed by atoms with Crippen LogP contribution in [0.4, 0.5) is 0 Å². The zero-order chi connectivity index (χ0) is 17.2. The van der Waals surface area contributed by atoms with E-state index in [-0.39, 0.29) is 5.75 Å².